The molecule has 1 aliphatic rings. The lowest BCUT2D eigenvalue weighted by Gasteiger charge is -2.07. The van der Waals surface area contributed by atoms with E-state index in [0.717, 1.165) is 0 Å². The van der Waals surface area contributed by atoms with Gasteiger partial charge in [-0.05, 0) is 6.42 Å². The maximum atomic E-state index is 12.7. The average Bonchev–Trinajstić information content (AvgIpc) is 2.08. The van der Waals surface area contributed by atoms with Gasteiger partial charge in [-0.1, -0.05) is 13.8 Å². The van der Waals surface area contributed by atoms with Gasteiger partial charge in [0.05, 0.1) is 0 Å². The van der Waals surface area contributed by atoms with Crippen LogP contribution in [-0.2, 0) is 0 Å². The summed E-state index contributed by atoms with van der Waals surface area (Å²) in [4.78, 5) is 0. The van der Waals surface area contributed by atoms with Crippen LogP contribution in [0.1, 0.15) is 20.3 Å². The molecule has 1 fully saturated rings. The molecule has 0 N–H and O–H groups in total. The van der Waals surface area contributed by atoms with E-state index in [2.05, 4.69) is 0 Å². The third-order valence-corrected chi connectivity index (χ3v) is 2.05. The van der Waals surface area contributed by atoms with E-state index in [9.17, 15) is 13.2 Å². The molecule has 0 aromatic heterocycles. The molecule has 0 heterocycles. The van der Waals surface area contributed by atoms with Gasteiger partial charge in [-0.15, -0.1) is 0 Å². The van der Waals surface area contributed by atoms with Crippen molar-refractivity contribution in [2.24, 2.45) is 5.41 Å². The van der Waals surface area contributed by atoms with Gasteiger partial charge in [-0.25, -0.2) is 13.2 Å². The lowest BCUT2D eigenvalue weighted by Crippen LogP contribution is -2.19. The van der Waals surface area contributed by atoms with Crippen LogP contribution < -0.4 is 0 Å². The second kappa shape index (κ2) is 1.44. The summed E-state index contributed by atoms with van der Waals surface area (Å²) in [6, 6.07) is 0. The highest BCUT2D eigenvalue weighted by Gasteiger charge is 2.68. The minimum atomic E-state index is -2.81. The number of rotatable bonds is 1. The summed E-state index contributed by atoms with van der Waals surface area (Å²) in [6.07, 6.45) is -2.81. The first-order valence-corrected chi connectivity index (χ1v) is 2.87. The fraction of sp³-hybridized carbons (Fsp3) is 1.00. The molecule has 0 aliphatic heterocycles. The van der Waals surface area contributed by atoms with Crippen molar-refractivity contribution in [3.63, 3.8) is 0 Å². The zero-order valence-corrected chi connectivity index (χ0v) is 5.42. The lowest BCUT2D eigenvalue weighted by atomic mass is 10.1. The van der Waals surface area contributed by atoms with Crippen LogP contribution in [-0.4, -0.2) is 12.1 Å². The Morgan fingerprint density at radius 1 is 1.33 bits per heavy atom. The lowest BCUT2D eigenvalue weighted by molar-refractivity contribution is 0.0115. The smallest absolute Gasteiger partial charge is 0.237 e. The van der Waals surface area contributed by atoms with E-state index < -0.39 is 17.5 Å². The Balaban J connectivity index is 2.63. The van der Waals surface area contributed by atoms with Crippen LogP contribution >= 0.6 is 0 Å². The number of hydrogen-bond acceptors (Lipinski definition) is 0. The van der Waals surface area contributed by atoms with Gasteiger partial charge in [0.25, 0.3) is 6.43 Å². The van der Waals surface area contributed by atoms with E-state index >= 15 is 0 Å². The topological polar surface area (TPSA) is 0 Å². The van der Waals surface area contributed by atoms with Gasteiger partial charge in [-0.2, -0.15) is 0 Å². The highest BCUT2D eigenvalue weighted by Crippen LogP contribution is 2.61. The molecule has 54 valence electrons. The molecule has 0 aromatic rings. The summed E-state index contributed by atoms with van der Waals surface area (Å²) >= 11 is 0. The van der Waals surface area contributed by atoms with Gasteiger partial charge in [0, 0.05) is 5.41 Å². The maximum absolute atomic E-state index is 12.7. The Kier molecular flexibility index (Phi) is 1.10. The zero-order chi connectivity index (χ0) is 7.28. The first kappa shape index (κ1) is 6.90. The SMILES string of the molecule is CC1(C)CC1(F)C(F)F. The van der Waals surface area contributed by atoms with E-state index in [-0.39, 0.29) is 6.42 Å². The molecule has 1 saturated carbocycles. The van der Waals surface area contributed by atoms with Gasteiger partial charge >= 0.3 is 0 Å². The Bertz CT molecular complexity index is 130. The van der Waals surface area contributed by atoms with Crippen molar-refractivity contribution >= 4 is 0 Å². The molecule has 0 aromatic carbocycles. The zero-order valence-electron chi connectivity index (χ0n) is 5.42. The molecule has 1 atom stereocenters. The van der Waals surface area contributed by atoms with Gasteiger partial charge in [0.1, 0.15) is 0 Å². The number of halogens is 3. The molecule has 1 unspecified atom stereocenters. The van der Waals surface area contributed by atoms with Gasteiger partial charge in [-0.3, -0.25) is 0 Å². The third kappa shape index (κ3) is 0.740. The Morgan fingerprint density at radius 2 is 1.67 bits per heavy atom. The molecule has 0 nitrogen and oxygen atoms in total. The average molecular weight is 138 g/mol. The molecular weight excluding hydrogens is 129 g/mol. The molecule has 1 aliphatic carbocycles. The molecule has 3 heteroatoms. The van der Waals surface area contributed by atoms with Crippen molar-refractivity contribution in [1.82, 2.24) is 0 Å². The van der Waals surface area contributed by atoms with Gasteiger partial charge < -0.3 is 0 Å². The molecule has 0 radical (unpaired) electrons. The minimum absolute atomic E-state index is 0.00231. The molecule has 1 rings (SSSR count). The highest BCUT2D eigenvalue weighted by molar-refractivity contribution is 5.13. The normalized spacial score (nSPS) is 39.3. The van der Waals surface area contributed by atoms with E-state index in [0.29, 0.717) is 0 Å². The minimum Gasteiger partial charge on any atom is -0.237 e. The number of alkyl halides is 3. The largest absolute Gasteiger partial charge is 0.272 e. The number of hydrogen-bond donors (Lipinski definition) is 0. The van der Waals surface area contributed by atoms with Crippen LogP contribution in [0.15, 0.2) is 0 Å². The monoisotopic (exact) mass is 138 g/mol. The second-order valence-electron chi connectivity index (χ2n) is 3.22. The summed E-state index contributed by atoms with van der Waals surface area (Å²) in [5.74, 6) is 0. The van der Waals surface area contributed by atoms with E-state index in [1.165, 1.54) is 13.8 Å². The predicted molar refractivity (Wildman–Crippen MR) is 28.2 cm³/mol. The summed E-state index contributed by atoms with van der Waals surface area (Å²) < 4.78 is 36.1. The van der Waals surface area contributed by atoms with Crippen molar-refractivity contribution in [2.45, 2.75) is 32.4 Å². The van der Waals surface area contributed by atoms with Crippen molar-refractivity contribution in [3.8, 4) is 0 Å². The second-order valence-corrected chi connectivity index (χ2v) is 3.22. The Hall–Kier alpha value is -0.210. The van der Waals surface area contributed by atoms with Crippen LogP contribution in [0.2, 0.25) is 0 Å². The molecular formula is C6H9F3. The van der Waals surface area contributed by atoms with Crippen molar-refractivity contribution in [2.75, 3.05) is 0 Å². The van der Waals surface area contributed by atoms with Crippen LogP contribution in [0, 0.1) is 5.41 Å². The summed E-state index contributed by atoms with van der Waals surface area (Å²) in [7, 11) is 0. The van der Waals surface area contributed by atoms with E-state index in [1.54, 1.807) is 0 Å². The Morgan fingerprint density at radius 3 is 1.67 bits per heavy atom. The fourth-order valence-corrected chi connectivity index (χ4v) is 0.971. The van der Waals surface area contributed by atoms with Gasteiger partial charge in [0.15, 0.2) is 5.67 Å². The quantitative estimate of drug-likeness (QED) is 0.522. The van der Waals surface area contributed by atoms with Crippen molar-refractivity contribution in [1.29, 1.82) is 0 Å². The summed E-state index contributed by atoms with van der Waals surface area (Å²) in [5, 5.41) is 0. The summed E-state index contributed by atoms with van der Waals surface area (Å²) in [5.41, 5.74) is -2.98. The van der Waals surface area contributed by atoms with Crippen LogP contribution in [0.3, 0.4) is 0 Å². The first-order chi connectivity index (χ1) is 3.90. The Labute approximate surface area is 52.1 Å². The van der Waals surface area contributed by atoms with Crippen LogP contribution in [0.25, 0.3) is 0 Å². The molecule has 0 saturated heterocycles. The molecule has 9 heavy (non-hydrogen) atoms. The predicted octanol–water partition coefficient (Wildman–Crippen LogP) is 2.39. The molecule has 0 spiro atoms. The van der Waals surface area contributed by atoms with Gasteiger partial charge in [0.2, 0.25) is 0 Å². The van der Waals surface area contributed by atoms with E-state index in [4.69, 9.17) is 0 Å². The van der Waals surface area contributed by atoms with Crippen LogP contribution in [0.4, 0.5) is 13.2 Å². The molecule has 0 amide bonds. The third-order valence-electron chi connectivity index (χ3n) is 2.05. The maximum Gasteiger partial charge on any atom is 0.272 e. The van der Waals surface area contributed by atoms with E-state index in [1.807, 2.05) is 0 Å². The first-order valence-electron chi connectivity index (χ1n) is 2.87. The standard InChI is InChI=1S/C6H9F3/c1-5(2)3-6(5,9)4(7)8/h4H,3H2,1-2H3. The molecule has 0 bridgehead atoms. The highest BCUT2D eigenvalue weighted by atomic mass is 19.3. The summed E-state index contributed by atoms with van der Waals surface area (Å²) in [6.45, 7) is 3.03. The van der Waals surface area contributed by atoms with Crippen molar-refractivity contribution in [3.05, 3.63) is 0 Å². The van der Waals surface area contributed by atoms with Crippen molar-refractivity contribution < 1.29 is 13.2 Å². The fourth-order valence-electron chi connectivity index (χ4n) is 0.971. The van der Waals surface area contributed by atoms with Crippen LogP contribution in [0.5, 0.6) is 0 Å².